The molecule has 2 aromatic carbocycles. The third-order valence-corrected chi connectivity index (χ3v) is 6.10. The lowest BCUT2D eigenvalue weighted by molar-refractivity contribution is -0.133. The maximum Gasteiger partial charge on any atom is 0.238 e. The van der Waals surface area contributed by atoms with Gasteiger partial charge < -0.3 is 19.7 Å². The summed E-state index contributed by atoms with van der Waals surface area (Å²) in [4.78, 5) is 29.1. The lowest BCUT2D eigenvalue weighted by atomic mass is 9.98. The molecule has 0 radical (unpaired) electrons. The van der Waals surface area contributed by atoms with Crippen molar-refractivity contribution in [3.05, 3.63) is 51.5 Å². The highest BCUT2D eigenvalue weighted by molar-refractivity contribution is 6.39. The van der Waals surface area contributed by atoms with E-state index in [4.69, 9.17) is 32.7 Å². The molecule has 1 aliphatic heterocycles. The third kappa shape index (κ3) is 5.65. The van der Waals surface area contributed by atoms with Gasteiger partial charge in [-0.2, -0.15) is 0 Å². The molecule has 0 bridgehead atoms. The number of carbonyl (C=O) groups is 2. The number of ether oxygens (including phenoxy) is 2. The van der Waals surface area contributed by atoms with Crippen LogP contribution in [-0.4, -0.2) is 62.0 Å². The molecule has 1 heterocycles. The molecule has 0 unspecified atom stereocenters. The zero-order chi connectivity index (χ0) is 23.3. The Balaban J connectivity index is 1.61. The van der Waals surface area contributed by atoms with Crippen molar-refractivity contribution in [2.75, 3.05) is 45.7 Å². The fraction of sp³-hybridized carbons (Fsp3) is 0.391. The number of likely N-dealkylation sites (N-methyl/N-ethyl adjacent to an activating group) is 1. The molecule has 2 amide bonds. The molecule has 0 aromatic heterocycles. The standard InChI is InChI=1S/C23H27Cl2N3O4/c1-4-27(13-21(29)26-23-17(24)6-5-7-18(23)25)14-22(30)28-9-8-15-10-19(31-2)20(32-3)11-16(15)12-28/h5-7,10-11H,4,8-9,12-14H2,1-3H3,(H,26,29). The Morgan fingerprint density at radius 3 is 2.28 bits per heavy atom. The van der Waals surface area contributed by atoms with Crippen LogP contribution in [0, 0.1) is 0 Å². The monoisotopic (exact) mass is 479 g/mol. The van der Waals surface area contributed by atoms with E-state index in [0.717, 1.165) is 17.5 Å². The van der Waals surface area contributed by atoms with Gasteiger partial charge in [0.05, 0.1) is 43.0 Å². The smallest absolute Gasteiger partial charge is 0.238 e. The Kier molecular flexibility index (Phi) is 8.23. The van der Waals surface area contributed by atoms with E-state index in [0.29, 0.717) is 46.9 Å². The molecular weight excluding hydrogens is 453 g/mol. The van der Waals surface area contributed by atoms with Gasteiger partial charge in [0, 0.05) is 13.1 Å². The van der Waals surface area contributed by atoms with Crippen molar-refractivity contribution in [1.82, 2.24) is 9.80 Å². The average Bonchev–Trinajstić information content (AvgIpc) is 2.79. The van der Waals surface area contributed by atoms with Gasteiger partial charge in [0.2, 0.25) is 11.8 Å². The third-order valence-electron chi connectivity index (χ3n) is 5.47. The highest BCUT2D eigenvalue weighted by atomic mass is 35.5. The van der Waals surface area contributed by atoms with Crippen LogP contribution < -0.4 is 14.8 Å². The van der Waals surface area contributed by atoms with Crippen molar-refractivity contribution in [2.45, 2.75) is 19.9 Å². The summed E-state index contributed by atoms with van der Waals surface area (Å²) in [6.45, 7) is 3.76. The summed E-state index contributed by atoms with van der Waals surface area (Å²) in [7, 11) is 3.20. The van der Waals surface area contributed by atoms with Gasteiger partial charge in [-0.15, -0.1) is 0 Å². The predicted molar refractivity (Wildman–Crippen MR) is 126 cm³/mol. The van der Waals surface area contributed by atoms with Gasteiger partial charge in [-0.3, -0.25) is 14.5 Å². The van der Waals surface area contributed by atoms with E-state index in [9.17, 15) is 9.59 Å². The highest BCUT2D eigenvalue weighted by Crippen LogP contribution is 2.33. The van der Waals surface area contributed by atoms with Crippen molar-refractivity contribution >= 4 is 40.7 Å². The van der Waals surface area contributed by atoms with Gasteiger partial charge in [-0.05, 0) is 48.4 Å². The average molecular weight is 480 g/mol. The summed E-state index contributed by atoms with van der Waals surface area (Å²) in [5.74, 6) is 1.02. The van der Waals surface area contributed by atoms with Crippen LogP contribution in [-0.2, 0) is 22.6 Å². The number of hydrogen-bond acceptors (Lipinski definition) is 5. The molecule has 1 aliphatic rings. The number of amides is 2. The minimum Gasteiger partial charge on any atom is -0.493 e. The number of nitrogens with one attached hydrogen (secondary N) is 1. The number of methoxy groups -OCH3 is 2. The highest BCUT2D eigenvalue weighted by Gasteiger charge is 2.24. The molecule has 0 aliphatic carbocycles. The fourth-order valence-corrected chi connectivity index (χ4v) is 4.16. The topological polar surface area (TPSA) is 71.1 Å². The Bertz CT molecular complexity index is 979. The van der Waals surface area contributed by atoms with Crippen molar-refractivity contribution < 1.29 is 19.1 Å². The molecule has 32 heavy (non-hydrogen) atoms. The first kappa shape index (κ1) is 24.2. The van der Waals surface area contributed by atoms with E-state index in [1.807, 2.05) is 19.1 Å². The SMILES string of the molecule is CCN(CC(=O)Nc1c(Cl)cccc1Cl)CC(=O)N1CCc2cc(OC)c(OC)cc2C1. The molecular formula is C23H27Cl2N3O4. The number of halogens is 2. The molecule has 9 heteroatoms. The molecule has 0 fully saturated rings. The minimum absolute atomic E-state index is 0.0316. The number of hydrogen-bond donors (Lipinski definition) is 1. The molecule has 1 N–H and O–H groups in total. The molecule has 0 atom stereocenters. The van der Waals surface area contributed by atoms with Crippen LogP contribution in [0.5, 0.6) is 11.5 Å². The lowest BCUT2D eigenvalue weighted by Gasteiger charge is -2.31. The number of fused-ring (bicyclic) bond motifs is 1. The van der Waals surface area contributed by atoms with E-state index < -0.39 is 0 Å². The van der Waals surface area contributed by atoms with E-state index in [-0.39, 0.29) is 24.9 Å². The van der Waals surface area contributed by atoms with E-state index >= 15 is 0 Å². The summed E-state index contributed by atoms with van der Waals surface area (Å²) in [6, 6.07) is 8.91. The van der Waals surface area contributed by atoms with Crippen molar-refractivity contribution in [3.63, 3.8) is 0 Å². The number of anilines is 1. The number of carbonyl (C=O) groups excluding carboxylic acids is 2. The van der Waals surface area contributed by atoms with E-state index in [1.165, 1.54) is 0 Å². The second-order valence-corrected chi connectivity index (χ2v) is 8.30. The normalized spacial score (nSPS) is 13.0. The number of nitrogens with zero attached hydrogens (tertiary/aromatic N) is 2. The quantitative estimate of drug-likeness (QED) is 0.622. The fourth-order valence-electron chi connectivity index (χ4n) is 3.67. The summed E-state index contributed by atoms with van der Waals surface area (Å²) < 4.78 is 10.8. The van der Waals surface area contributed by atoms with Gasteiger partial charge in [0.15, 0.2) is 11.5 Å². The minimum atomic E-state index is -0.282. The van der Waals surface area contributed by atoms with E-state index in [2.05, 4.69) is 5.32 Å². The molecule has 3 rings (SSSR count). The van der Waals surface area contributed by atoms with E-state index in [1.54, 1.807) is 42.2 Å². The molecule has 2 aromatic rings. The molecule has 7 nitrogen and oxygen atoms in total. The maximum absolute atomic E-state index is 13.0. The van der Waals surface area contributed by atoms with Gasteiger partial charge in [-0.1, -0.05) is 36.2 Å². The maximum atomic E-state index is 13.0. The zero-order valence-corrected chi connectivity index (χ0v) is 19.9. The van der Waals surface area contributed by atoms with Crippen LogP contribution in [0.2, 0.25) is 10.0 Å². The second kappa shape index (κ2) is 10.9. The summed E-state index contributed by atoms with van der Waals surface area (Å²) in [5, 5.41) is 3.47. The Labute approximate surface area is 198 Å². The second-order valence-electron chi connectivity index (χ2n) is 7.49. The lowest BCUT2D eigenvalue weighted by Crippen LogP contribution is -2.44. The van der Waals surface area contributed by atoms with Gasteiger partial charge in [0.25, 0.3) is 0 Å². The number of para-hydroxylation sites is 1. The molecule has 0 spiro atoms. The molecule has 0 saturated carbocycles. The first-order valence-electron chi connectivity index (χ1n) is 10.3. The Morgan fingerprint density at radius 1 is 1.06 bits per heavy atom. The van der Waals surface area contributed by atoms with Crippen LogP contribution >= 0.6 is 23.2 Å². The molecule has 0 saturated heterocycles. The van der Waals surface area contributed by atoms with Crippen LogP contribution in [0.15, 0.2) is 30.3 Å². The van der Waals surface area contributed by atoms with Crippen molar-refractivity contribution in [1.29, 1.82) is 0 Å². The van der Waals surface area contributed by atoms with Gasteiger partial charge in [-0.25, -0.2) is 0 Å². The summed E-state index contributed by atoms with van der Waals surface area (Å²) in [5.41, 5.74) is 2.56. The van der Waals surface area contributed by atoms with Gasteiger partial charge >= 0.3 is 0 Å². The zero-order valence-electron chi connectivity index (χ0n) is 18.4. The Morgan fingerprint density at radius 2 is 1.69 bits per heavy atom. The largest absolute Gasteiger partial charge is 0.493 e. The Hall–Kier alpha value is -2.48. The summed E-state index contributed by atoms with van der Waals surface area (Å²) >= 11 is 12.2. The molecule has 172 valence electrons. The van der Waals surface area contributed by atoms with Crippen LogP contribution in [0.3, 0.4) is 0 Å². The number of rotatable bonds is 8. The van der Waals surface area contributed by atoms with Crippen LogP contribution in [0.1, 0.15) is 18.1 Å². The first-order valence-corrected chi connectivity index (χ1v) is 11.1. The van der Waals surface area contributed by atoms with Gasteiger partial charge in [0.1, 0.15) is 0 Å². The van der Waals surface area contributed by atoms with Crippen LogP contribution in [0.4, 0.5) is 5.69 Å². The first-order chi connectivity index (χ1) is 15.4. The van der Waals surface area contributed by atoms with Crippen molar-refractivity contribution in [2.24, 2.45) is 0 Å². The number of benzene rings is 2. The van der Waals surface area contributed by atoms with Crippen LogP contribution in [0.25, 0.3) is 0 Å². The predicted octanol–water partition coefficient (Wildman–Crippen LogP) is 3.86. The van der Waals surface area contributed by atoms with Crippen molar-refractivity contribution in [3.8, 4) is 11.5 Å². The summed E-state index contributed by atoms with van der Waals surface area (Å²) in [6.07, 6.45) is 0.735.